The quantitative estimate of drug-likeness (QED) is 0.605. The summed E-state index contributed by atoms with van der Waals surface area (Å²) in [5, 5.41) is 0. The predicted molar refractivity (Wildman–Crippen MR) is 73.9 cm³/mol. The Balaban J connectivity index is 2.93. The van der Waals surface area contributed by atoms with Crippen molar-refractivity contribution in [3.8, 4) is 11.5 Å². The first-order chi connectivity index (χ1) is 8.87. The van der Waals surface area contributed by atoms with Gasteiger partial charge < -0.3 is 14.2 Å². The first kappa shape index (κ1) is 15.1. The summed E-state index contributed by atoms with van der Waals surface area (Å²) in [6, 6.07) is 4.93. The molecule has 0 radical (unpaired) electrons. The van der Waals surface area contributed by atoms with E-state index in [1.807, 2.05) is 20.8 Å². The molecule has 0 N–H and O–H groups in total. The van der Waals surface area contributed by atoms with Crippen molar-refractivity contribution in [2.24, 2.45) is 0 Å². The fourth-order valence-electron chi connectivity index (χ4n) is 1.40. The molecule has 0 bridgehead atoms. The van der Waals surface area contributed by atoms with Gasteiger partial charge in [-0.3, -0.25) is 0 Å². The van der Waals surface area contributed by atoms with E-state index in [0.29, 0.717) is 23.7 Å². The topological polar surface area (TPSA) is 44.8 Å². The lowest BCUT2D eigenvalue weighted by atomic mass is 10.1. The lowest BCUT2D eigenvalue weighted by Gasteiger charge is -2.20. The average Bonchev–Trinajstić information content (AvgIpc) is 2.34. The molecule has 0 fully saturated rings. The van der Waals surface area contributed by atoms with Gasteiger partial charge in [-0.25, -0.2) is 4.79 Å². The van der Waals surface area contributed by atoms with E-state index < -0.39 is 5.60 Å². The van der Waals surface area contributed by atoms with Crippen LogP contribution in [0.4, 0.5) is 0 Å². The van der Waals surface area contributed by atoms with E-state index in [0.717, 1.165) is 0 Å². The largest absolute Gasteiger partial charge is 0.493 e. The van der Waals surface area contributed by atoms with Gasteiger partial charge in [-0.1, -0.05) is 12.7 Å². The maximum Gasteiger partial charge on any atom is 0.338 e. The second-order valence-electron chi connectivity index (χ2n) is 4.97. The Labute approximate surface area is 114 Å². The number of carbonyl (C=O) groups is 1. The number of carbonyl (C=O) groups excluding carboxylic acids is 1. The summed E-state index contributed by atoms with van der Waals surface area (Å²) < 4.78 is 15.9. The highest BCUT2D eigenvalue weighted by Gasteiger charge is 2.19. The molecule has 1 aromatic rings. The van der Waals surface area contributed by atoms with Crippen LogP contribution in [-0.2, 0) is 4.74 Å². The van der Waals surface area contributed by atoms with Crippen LogP contribution in [0.5, 0.6) is 11.5 Å². The van der Waals surface area contributed by atoms with Crippen molar-refractivity contribution < 1.29 is 19.0 Å². The number of hydrogen-bond acceptors (Lipinski definition) is 4. The molecule has 4 heteroatoms. The normalized spacial score (nSPS) is 10.7. The number of ether oxygens (including phenoxy) is 3. The Kier molecular flexibility index (Phi) is 4.98. The Hall–Kier alpha value is -1.97. The van der Waals surface area contributed by atoms with E-state index in [1.54, 1.807) is 24.3 Å². The summed E-state index contributed by atoms with van der Waals surface area (Å²) in [6.45, 7) is 9.42. The van der Waals surface area contributed by atoms with Crippen LogP contribution in [0, 0.1) is 0 Å². The molecule has 0 heterocycles. The van der Waals surface area contributed by atoms with E-state index in [4.69, 9.17) is 14.2 Å². The molecule has 0 saturated heterocycles. The minimum Gasteiger partial charge on any atom is -0.493 e. The van der Waals surface area contributed by atoms with Gasteiger partial charge in [0.2, 0.25) is 0 Å². The molecular formula is C15H20O4. The molecule has 1 rings (SSSR count). The fraction of sp³-hybridized carbons (Fsp3) is 0.400. The molecule has 0 aliphatic heterocycles. The molecule has 104 valence electrons. The van der Waals surface area contributed by atoms with Crippen LogP contribution in [0.25, 0.3) is 0 Å². The zero-order valence-electron chi connectivity index (χ0n) is 11.9. The molecule has 0 aromatic heterocycles. The third-order valence-corrected chi connectivity index (χ3v) is 2.15. The minimum atomic E-state index is -0.525. The first-order valence-electron chi connectivity index (χ1n) is 6.02. The number of methoxy groups -OCH3 is 1. The molecular weight excluding hydrogens is 244 g/mol. The van der Waals surface area contributed by atoms with Gasteiger partial charge in [0.25, 0.3) is 0 Å². The van der Waals surface area contributed by atoms with Crippen molar-refractivity contribution in [3.05, 3.63) is 36.4 Å². The lowest BCUT2D eigenvalue weighted by molar-refractivity contribution is 0.00691. The highest BCUT2D eigenvalue weighted by atomic mass is 16.6. The van der Waals surface area contributed by atoms with Crippen molar-refractivity contribution >= 4 is 5.97 Å². The van der Waals surface area contributed by atoms with Crippen LogP contribution in [-0.4, -0.2) is 25.3 Å². The fourth-order valence-corrected chi connectivity index (χ4v) is 1.40. The summed E-state index contributed by atoms with van der Waals surface area (Å²) in [6.07, 6.45) is 1.64. The zero-order chi connectivity index (χ0) is 14.5. The second-order valence-corrected chi connectivity index (χ2v) is 4.97. The maximum absolute atomic E-state index is 11.9. The van der Waals surface area contributed by atoms with Crippen molar-refractivity contribution in [2.75, 3.05) is 13.7 Å². The van der Waals surface area contributed by atoms with Crippen molar-refractivity contribution in [1.29, 1.82) is 0 Å². The van der Waals surface area contributed by atoms with Crippen LogP contribution < -0.4 is 9.47 Å². The highest BCUT2D eigenvalue weighted by Crippen LogP contribution is 2.28. The minimum absolute atomic E-state index is 0.377. The van der Waals surface area contributed by atoms with Gasteiger partial charge in [-0.05, 0) is 39.0 Å². The molecule has 0 amide bonds. The van der Waals surface area contributed by atoms with E-state index in [9.17, 15) is 4.79 Å². The molecule has 19 heavy (non-hydrogen) atoms. The molecule has 0 atom stereocenters. The highest BCUT2D eigenvalue weighted by molar-refractivity contribution is 5.90. The van der Waals surface area contributed by atoms with Crippen LogP contribution in [0.3, 0.4) is 0 Å². The summed E-state index contributed by atoms with van der Waals surface area (Å²) >= 11 is 0. The van der Waals surface area contributed by atoms with Crippen LogP contribution in [0.15, 0.2) is 30.9 Å². The monoisotopic (exact) mass is 264 g/mol. The number of benzene rings is 1. The average molecular weight is 264 g/mol. The standard InChI is InChI=1S/C15H20O4/c1-6-9-18-12-8-7-11(10-13(12)17-5)14(16)19-15(2,3)4/h6-8,10H,1,9H2,2-5H3. The summed E-state index contributed by atoms with van der Waals surface area (Å²) in [7, 11) is 1.52. The van der Waals surface area contributed by atoms with Gasteiger partial charge in [0.1, 0.15) is 12.2 Å². The van der Waals surface area contributed by atoms with Crippen LogP contribution >= 0.6 is 0 Å². The number of esters is 1. The number of rotatable bonds is 5. The van der Waals surface area contributed by atoms with Gasteiger partial charge >= 0.3 is 5.97 Å². The summed E-state index contributed by atoms with van der Waals surface area (Å²) in [5.41, 5.74) is -0.0970. The van der Waals surface area contributed by atoms with E-state index >= 15 is 0 Å². The van der Waals surface area contributed by atoms with Crippen LogP contribution in [0.2, 0.25) is 0 Å². The molecule has 4 nitrogen and oxygen atoms in total. The summed E-state index contributed by atoms with van der Waals surface area (Å²) in [5.74, 6) is 0.668. The van der Waals surface area contributed by atoms with Gasteiger partial charge in [0, 0.05) is 0 Å². The third-order valence-electron chi connectivity index (χ3n) is 2.15. The van der Waals surface area contributed by atoms with Crippen LogP contribution in [0.1, 0.15) is 31.1 Å². The second kappa shape index (κ2) is 6.27. The molecule has 0 unspecified atom stereocenters. The first-order valence-corrected chi connectivity index (χ1v) is 6.02. The molecule has 0 aliphatic carbocycles. The molecule has 0 spiro atoms. The molecule has 1 aromatic carbocycles. The number of hydrogen-bond donors (Lipinski definition) is 0. The van der Waals surface area contributed by atoms with E-state index in [1.165, 1.54) is 7.11 Å². The van der Waals surface area contributed by atoms with E-state index in [-0.39, 0.29) is 5.97 Å². The SMILES string of the molecule is C=CCOc1ccc(C(=O)OC(C)(C)C)cc1OC. The van der Waals surface area contributed by atoms with E-state index in [2.05, 4.69) is 6.58 Å². The van der Waals surface area contributed by atoms with Crippen molar-refractivity contribution in [3.63, 3.8) is 0 Å². The Bertz CT molecular complexity index is 458. The smallest absolute Gasteiger partial charge is 0.338 e. The van der Waals surface area contributed by atoms with Gasteiger partial charge in [0.15, 0.2) is 11.5 Å². The molecule has 0 aliphatic rings. The van der Waals surface area contributed by atoms with Crippen molar-refractivity contribution in [2.45, 2.75) is 26.4 Å². The molecule has 0 saturated carbocycles. The van der Waals surface area contributed by atoms with Gasteiger partial charge in [-0.15, -0.1) is 0 Å². The van der Waals surface area contributed by atoms with Gasteiger partial charge in [-0.2, -0.15) is 0 Å². The maximum atomic E-state index is 11.9. The zero-order valence-corrected chi connectivity index (χ0v) is 11.9. The lowest BCUT2D eigenvalue weighted by Crippen LogP contribution is -2.23. The van der Waals surface area contributed by atoms with Gasteiger partial charge in [0.05, 0.1) is 12.7 Å². The predicted octanol–water partition coefficient (Wildman–Crippen LogP) is 3.22. The third kappa shape index (κ3) is 4.66. The Morgan fingerprint density at radius 1 is 1.32 bits per heavy atom. The summed E-state index contributed by atoms with van der Waals surface area (Å²) in [4.78, 5) is 11.9. The Morgan fingerprint density at radius 3 is 2.53 bits per heavy atom. The Morgan fingerprint density at radius 2 is 2.00 bits per heavy atom. The van der Waals surface area contributed by atoms with Crippen molar-refractivity contribution in [1.82, 2.24) is 0 Å².